The molecule has 0 saturated heterocycles. The summed E-state index contributed by atoms with van der Waals surface area (Å²) in [4.78, 5) is 17.9. The van der Waals surface area contributed by atoms with Crippen LogP contribution in [0.5, 0.6) is 0 Å². The first-order chi connectivity index (χ1) is 13.6. The first-order valence-electron chi connectivity index (χ1n) is 9.90. The van der Waals surface area contributed by atoms with Gasteiger partial charge in [0.25, 0.3) is 0 Å². The number of rotatable bonds is 5. The van der Waals surface area contributed by atoms with Crippen molar-refractivity contribution in [3.05, 3.63) is 76.5 Å². The Bertz CT molecular complexity index is 1020. The summed E-state index contributed by atoms with van der Waals surface area (Å²) in [5.74, 6) is 0.249. The van der Waals surface area contributed by atoms with Crippen LogP contribution in [0.1, 0.15) is 36.0 Å². The average molecular weight is 393 g/mol. The third-order valence-corrected chi connectivity index (χ3v) is 5.85. The number of benzene rings is 2. The van der Waals surface area contributed by atoms with Crippen molar-refractivity contribution in [3.63, 3.8) is 0 Å². The van der Waals surface area contributed by atoms with Crippen molar-refractivity contribution in [1.29, 1.82) is 0 Å². The van der Waals surface area contributed by atoms with Crippen LogP contribution in [-0.2, 0) is 11.2 Å². The van der Waals surface area contributed by atoms with E-state index in [4.69, 9.17) is 11.6 Å². The molecule has 1 aromatic heterocycles. The lowest BCUT2D eigenvalue weighted by molar-refractivity contribution is -0.130. The summed E-state index contributed by atoms with van der Waals surface area (Å²) in [5, 5.41) is 2.02. The molecule has 0 radical (unpaired) electrons. The predicted molar refractivity (Wildman–Crippen MR) is 117 cm³/mol. The molecule has 1 aliphatic heterocycles. The second-order valence-corrected chi connectivity index (χ2v) is 7.94. The Hall–Kier alpha value is -2.52. The van der Waals surface area contributed by atoms with E-state index in [1.54, 1.807) is 0 Å². The minimum Gasteiger partial charge on any atom is -0.360 e. The number of amides is 1. The topological polar surface area (TPSA) is 36.1 Å². The van der Waals surface area contributed by atoms with Gasteiger partial charge >= 0.3 is 0 Å². The molecular weight excluding hydrogens is 368 g/mol. The fraction of sp³-hybridized carbons (Fsp3) is 0.292. The minimum atomic E-state index is 0.249. The fourth-order valence-corrected chi connectivity index (χ4v) is 4.09. The summed E-state index contributed by atoms with van der Waals surface area (Å²) in [7, 11) is 0. The van der Waals surface area contributed by atoms with Gasteiger partial charge in [-0.2, -0.15) is 0 Å². The third-order valence-electron chi connectivity index (χ3n) is 5.60. The molecule has 0 unspecified atom stereocenters. The highest BCUT2D eigenvalue weighted by Gasteiger charge is 2.19. The van der Waals surface area contributed by atoms with Gasteiger partial charge in [0, 0.05) is 47.2 Å². The number of nitrogens with zero attached hydrogens (tertiary/aromatic N) is 1. The normalized spacial score (nSPS) is 14.4. The molecule has 0 fully saturated rings. The maximum atomic E-state index is 12.6. The molecule has 2 heterocycles. The molecule has 4 rings (SSSR count). The molecule has 4 heteroatoms. The first-order valence-corrected chi connectivity index (χ1v) is 10.3. The van der Waals surface area contributed by atoms with Gasteiger partial charge in [0.2, 0.25) is 5.91 Å². The van der Waals surface area contributed by atoms with E-state index >= 15 is 0 Å². The van der Waals surface area contributed by atoms with E-state index in [9.17, 15) is 4.79 Å². The van der Waals surface area contributed by atoms with Crippen molar-refractivity contribution >= 4 is 34.0 Å². The standard InChI is InChI=1S/C24H25ClN2O/c1-17-4-2-6-21-22(16-26-24(17)21)19-12-14-27(15-13-19)23(28)7-3-5-18-8-10-20(25)11-9-18/h2,4,6,8-12,16,26H,3,5,7,13-15H2,1H3. The van der Waals surface area contributed by atoms with Gasteiger partial charge in [-0.25, -0.2) is 0 Å². The Morgan fingerprint density at radius 3 is 2.75 bits per heavy atom. The summed E-state index contributed by atoms with van der Waals surface area (Å²) in [6, 6.07) is 14.3. The highest BCUT2D eigenvalue weighted by Crippen LogP contribution is 2.30. The molecular formula is C24H25ClN2O. The van der Waals surface area contributed by atoms with Crippen LogP contribution in [0.2, 0.25) is 5.02 Å². The molecule has 3 nitrogen and oxygen atoms in total. The predicted octanol–water partition coefficient (Wildman–Crippen LogP) is 5.77. The Balaban J connectivity index is 1.34. The lowest BCUT2D eigenvalue weighted by atomic mass is 9.98. The number of hydrogen-bond acceptors (Lipinski definition) is 1. The SMILES string of the molecule is Cc1cccc2c(C3=CCN(C(=O)CCCc4ccc(Cl)cc4)CC3)c[nH]c12. The molecule has 2 aromatic carbocycles. The monoisotopic (exact) mass is 392 g/mol. The molecule has 0 spiro atoms. The first kappa shape index (κ1) is 18.8. The summed E-state index contributed by atoms with van der Waals surface area (Å²) >= 11 is 5.92. The lowest BCUT2D eigenvalue weighted by Gasteiger charge is -2.26. The van der Waals surface area contributed by atoms with Crippen molar-refractivity contribution < 1.29 is 4.79 Å². The highest BCUT2D eigenvalue weighted by molar-refractivity contribution is 6.30. The zero-order valence-corrected chi connectivity index (χ0v) is 16.9. The smallest absolute Gasteiger partial charge is 0.222 e. The largest absolute Gasteiger partial charge is 0.360 e. The number of carbonyl (C=O) groups is 1. The molecule has 1 amide bonds. The van der Waals surface area contributed by atoms with Crippen LogP contribution in [0.4, 0.5) is 0 Å². The zero-order valence-electron chi connectivity index (χ0n) is 16.2. The van der Waals surface area contributed by atoms with Crippen LogP contribution in [0.3, 0.4) is 0 Å². The van der Waals surface area contributed by atoms with Crippen molar-refractivity contribution in [3.8, 4) is 0 Å². The fourth-order valence-electron chi connectivity index (χ4n) is 3.96. The highest BCUT2D eigenvalue weighted by atomic mass is 35.5. The quantitative estimate of drug-likeness (QED) is 0.588. The van der Waals surface area contributed by atoms with Crippen LogP contribution in [0.25, 0.3) is 16.5 Å². The summed E-state index contributed by atoms with van der Waals surface area (Å²) < 4.78 is 0. The van der Waals surface area contributed by atoms with Crippen LogP contribution < -0.4 is 0 Å². The van der Waals surface area contributed by atoms with Crippen LogP contribution in [-0.4, -0.2) is 28.9 Å². The molecule has 28 heavy (non-hydrogen) atoms. The molecule has 0 bridgehead atoms. The van der Waals surface area contributed by atoms with Crippen molar-refractivity contribution in [2.75, 3.05) is 13.1 Å². The second kappa shape index (κ2) is 8.24. The van der Waals surface area contributed by atoms with E-state index in [0.29, 0.717) is 13.0 Å². The van der Waals surface area contributed by atoms with Crippen LogP contribution >= 0.6 is 11.6 Å². The van der Waals surface area contributed by atoms with E-state index < -0.39 is 0 Å². The third kappa shape index (κ3) is 4.00. The maximum Gasteiger partial charge on any atom is 0.222 e. The number of hydrogen-bond donors (Lipinski definition) is 1. The molecule has 0 atom stereocenters. The number of aryl methyl sites for hydroxylation is 2. The van der Waals surface area contributed by atoms with E-state index in [2.05, 4.69) is 42.4 Å². The number of carbonyl (C=O) groups excluding carboxylic acids is 1. The van der Waals surface area contributed by atoms with Gasteiger partial charge in [-0.3, -0.25) is 4.79 Å². The number of aromatic amines is 1. The summed E-state index contributed by atoms with van der Waals surface area (Å²) in [6.07, 6.45) is 7.60. The van der Waals surface area contributed by atoms with Crippen molar-refractivity contribution in [2.24, 2.45) is 0 Å². The zero-order chi connectivity index (χ0) is 19.5. The van der Waals surface area contributed by atoms with E-state index in [1.807, 2.05) is 29.2 Å². The van der Waals surface area contributed by atoms with Crippen LogP contribution in [0, 0.1) is 6.92 Å². The molecule has 0 aliphatic carbocycles. The number of aromatic nitrogens is 1. The average Bonchev–Trinajstić information content (AvgIpc) is 3.15. The number of halogens is 1. The Morgan fingerprint density at radius 1 is 1.18 bits per heavy atom. The number of para-hydroxylation sites is 1. The number of H-pyrrole nitrogens is 1. The number of nitrogens with one attached hydrogen (secondary N) is 1. The van der Waals surface area contributed by atoms with Gasteiger partial charge in [0.1, 0.15) is 0 Å². The van der Waals surface area contributed by atoms with Gasteiger partial charge in [-0.05, 0) is 55.0 Å². The second-order valence-electron chi connectivity index (χ2n) is 7.50. The molecule has 3 aromatic rings. The summed E-state index contributed by atoms with van der Waals surface area (Å²) in [6.45, 7) is 3.63. The van der Waals surface area contributed by atoms with Gasteiger partial charge in [0.05, 0.1) is 0 Å². The molecule has 1 aliphatic rings. The van der Waals surface area contributed by atoms with Gasteiger partial charge in [-0.15, -0.1) is 0 Å². The van der Waals surface area contributed by atoms with E-state index in [-0.39, 0.29) is 5.91 Å². The van der Waals surface area contributed by atoms with Gasteiger partial charge in [0.15, 0.2) is 0 Å². The van der Waals surface area contributed by atoms with E-state index in [0.717, 1.165) is 30.8 Å². The molecule has 0 saturated carbocycles. The number of fused-ring (bicyclic) bond motifs is 1. The van der Waals surface area contributed by atoms with Crippen molar-refractivity contribution in [1.82, 2.24) is 9.88 Å². The van der Waals surface area contributed by atoms with E-state index in [1.165, 1.54) is 33.2 Å². The lowest BCUT2D eigenvalue weighted by Crippen LogP contribution is -2.34. The summed E-state index contributed by atoms with van der Waals surface area (Å²) in [5.41, 5.74) is 6.31. The Morgan fingerprint density at radius 2 is 2.00 bits per heavy atom. The molecule has 1 N–H and O–H groups in total. The Kier molecular flexibility index (Phi) is 5.54. The maximum absolute atomic E-state index is 12.6. The molecule has 144 valence electrons. The minimum absolute atomic E-state index is 0.249. The van der Waals surface area contributed by atoms with Gasteiger partial charge in [-0.1, -0.05) is 48.0 Å². The van der Waals surface area contributed by atoms with Gasteiger partial charge < -0.3 is 9.88 Å². The van der Waals surface area contributed by atoms with Crippen LogP contribution in [0.15, 0.2) is 54.7 Å². The Labute approximate surface area is 171 Å². The van der Waals surface area contributed by atoms with Crippen molar-refractivity contribution in [2.45, 2.75) is 32.6 Å².